The molecule has 0 radical (unpaired) electrons. The summed E-state index contributed by atoms with van der Waals surface area (Å²) in [5.41, 5.74) is 2.93. The van der Waals surface area contributed by atoms with Crippen LogP contribution in [0, 0.1) is 5.92 Å². The number of hydrogen-bond acceptors (Lipinski definition) is 6. The molecule has 0 aliphatic carbocycles. The van der Waals surface area contributed by atoms with Gasteiger partial charge in [0.1, 0.15) is 0 Å². The second-order valence-electron chi connectivity index (χ2n) is 13.1. The first-order chi connectivity index (χ1) is 26.3. The average molecular weight is 723 g/mol. The van der Waals surface area contributed by atoms with Crippen molar-refractivity contribution in [2.45, 2.75) is 32.0 Å². The first kappa shape index (κ1) is 37.4. The summed E-state index contributed by atoms with van der Waals surface area (Å²) in [6.07, 6.45) is 4.74. The van der Waals surface area contributed by atoms with Gasteiger partial charge < -0.3 is 20.0 Å². The fraction of sp³-hybridized carbons (Fsp3) is 0.182. The van der Waals surface area contributed by atoms with E-state index in [4.69, 9.17) is 0 Å². The Hall–Kier alpha value is -6.36. The number of rotatable bonds is 16. The number of fused-ring (bicyclic) bond motifs is 1. The van der Waals surface area contributed by atoms with Gasteiger partial charge in [-0.15, -0.1) is 0 Å². The van der Waals surface area contributed by atoms with E-state index < -0.39 is 17.4 Å². The second-order valence-corrected chi connectivity index (χ2v) is 13.1. The summed E-state index contributed by atoms with van der Waals surface area (Å²) in [6.45, 7) is 2.16. The van der Waals surface area contributed by atoms with Crippen LogP contribution in [-0.2, 0) is 37.9 Å². The van der Waals surface area contributed by atoms with Gasteiger partial charge in [0.05, 0.1) is 18.8 Å². The first-order valence-electron chi connectivity index (χ1n) is 17.7. The summed E-state index contributed by atoms with van der Waals surface area (Å²) in [4.78, 5) is 58.2. The number of hydrogen-bond donors (Lipinski definition) is 2. The monoisotopic (exact) mass is 722 g/mol. The fourth-order valence-corrected chi connectivity index (χ4v) is 6.76. The third-order valence-electron chi connectivity index (χ3n) is 9.68. The van der Waals surface area contributed by atoms with Gasteiger partial charge in [-0.1, -0.05) is 97.9 Å². The number of aliphatic hydroxyl groups is 2. The molecule has 5 aromatic carbocycles. The van der Waals surface area contributed by atoms with Crippen LogP contribution in [0.1, 0.15) is 30.0 Å². The van der Waals surface area contributed by atoms with Crippen LogP contribution in [-0.4, -0.2) is 52.9 Å². The molecule has 10 nitrogen and oxygen atoms in total. The van der Waals surface area contributed by atoms with Crippen LogP contribution in [0.5, 0.6) is 0 Å². The smallest absolute Gasteiger partial charge is 0.264 e. The minimum atomic E-state index is -2.04. The van der Waals surface area contributed by atoms with Gasteiger partial charge in [0.15, 0.2) is 5.60 Å². The summed E-state index contributed by atoms with van der Waals surface area (Å²) in [6, 6.07) is 40.2. The Bertz CT molecular complexity index is 2090. The van der Waals surface area contributed by atoms with Crippen molar-refractivity contribution in [2.75, 3.05) is 27.9 Å². The third kappa shape index (κ3) is 7.85. The maximum Gasteiger partial charge on any atom is 0.264 e. The van der Waals surface area contributed by atoms with E-state index in [0.717, 1.165) is 17.5 Å². The summed E-state index contributed by atoms with van der Waals surface area (Å²) in [5.74, 6) is -1.55. The zero-order chi connectivity index (χ0) is 38.1. The highest BCUT2D eigenvalue weighted by atomic mass is 16.3. The Labute approximate surface area is 314 Å². The van der Waals surface area contributed by atoms with E-state index in [1.54, 1.807) is 66.4 Å². The maximum absolute atomic E-state index is 14.5. The van der Waals surface area contributed by atoms with E-state index in [1.165, 1.54) is 14.7 Å². The summed E-state index contributed by atoms with van der Waals surface area (Å²) >= 11 is 0. The molecule has 0 spiro atoms. The van der Waals surface area contributed by atoms with Crippen molar-refractivity contribution >= 4 is 53.1 Å². The summed E-state index contributed by atoms with van der Waals surface area (Å²) < 4.78 is 0. The lowest BCUT2D eigenvalue weighted by atomic mass is 9.82. The van der Waals surface area contributed by atoms with Crippen LogP contribution in [0.15, 0.2) is 146 Å². The highest BCUT2D eigenvalue weighted by Gasteiger charge is 2.52. The van der Waals surface area contributed by atoms with Gasteiger partial charge in [-0.2, -0.15) is 0 Å². The topological polar surface area (TPSA) is 122 Å². The Morgan fingerprint density at radius 2 is 1.28 bits per heavy atom. The Balaban J connectivity index is 1.29. The first-order valence-corrected chi connectivity index (χ1v) is 17.7. The molecule has 0 fully saturated rings. The van der Waals surface area contributed by atoms with Crippen molar-refractivity contribution in [2.24, 2.45) is 5.92 Å². The molecule has 2 N–H and O–H groups in total. The molecule has 0 unspecified atom stereocenters. The number of amides is 4. The predicted molar refractivity (Wildman–Crippen MR) is 209 cm³/mol. The number of nitrogens with zero attached hydrogens (tertiary/aromatic N) is 4. The van der Waals surface area contributed by atoms with Crippen LogP contribution in [0.4, 0.5) is 28.4 Å². The van der Waals surface area contributed by atoms with Gasteiger partial charge in [0.25, 0.3) is 5.91 Å². The van der Waals surface area contributed by atoms with Crippen molar-refractivity contribution in [1.29, 1.82) is 0 Å². The lowest BCUT2D eigenvalue weighted by Gasteiger charge is -2.28. The van der Waals surface area contributed by atoms with E-state index in [9.17, 15) is 29.4 Å². The number of aliphatic hydroxyl groups excluding tert-OH is 1. The van der Waals surface area contributed by atoms with Crippen LogP contribution in [0.25, 0.3) is 0 Å². The van der Waals surface area contributed by atoms with E-state index in [2.05, 4.69) is 0 Å². The molecule has 6 rings (SSSR count). The minimum Gasteiger partial charge on any atom is -0.395 e. The van der Waals surface area contributed by atoms with Gasteiger partial charge >= 0.3 is 0 Å². The van der Waals surface area contributed by atoms with Crippen molar-refractivity contribution in [1.82, 2.24) is 4.90 Å². The van der Waals surface area contributed by atoms with E-state index in [-0.39, 0.29) is 32.0 Å². The molecule has 0 saturated heterocycles. The van der Waals surface area contributed by atoms with Crippen LogP contribution >= 0.6 is 0 Å². The molecule has 274 valence electrons. The zero-order valence-electron chi connectivity index (χ0n) is 29.9. The quantitative estimate of drug-likeness (QED) is 0.0874. The van der Waals surface area contributed by atoms with E-state index in [0.29, 0.717) is 47.0 Å². The van der Waals surface area contributed by atoms with Gasteiger partial charge in [0, 0.05) is 53.7 Å². The number of carbonyl (C=O) groups is 4. The van der Waals surface area contributed by atoms with E-state index in [1.807, 2.05) is 91.0 Å². The normalized spacial score (nSPS) is 15.5. The van der Waals surface area contributed by atoms with Crippen LogP contribution < -0.4 is 14.7 Å². The Kier molecular flexibility index (Phi) is 11.8. The van der Waals surface area contributed by atoms with Crippen LogP contribution in [0.3, 0.4) is 0 Å². The Morgan fingerprint density at radius 3 is 1.85 bits per heavy atom. The molecule has 5 aromatic rings. The highest BCUT2D eigenvalue weighted by molar-refractivity contribution is 6.08. The van der Waals surface area contributed by atoms with E-state index >= 15 is 0 Å². The van der Waals surface area contributed by atoms with Gasteiger partial charge in [-0.05, 0) is 65.7 Å². The lowest BCUT2D eigenvalue weighted by Crippen LogP contribution is -2.44. The van der Waals surface area contributed by atoms with Crippen LogP contribution in [0.2, 0.25) is 0 Å². The summed E-state index contributed by atoms with van der Waals surface area (Å²) in [5, 5.41) is 22.1. The fourth-order valence-electron chi connectivity index (χ4n) is 6.76. The molecule has 1 aliphatic rings. The molecule has 0 aromatic heterocycles. The van der Waals surface area contributed by atoms with Crippen molar-refractivity contribution in [3.8, 4) is 0 Å². The predicted octanol–water partition coefficient (Wildman–Crippen LogP) is 6.61. The van der Waals surface area contributed by atoms with Crippen molar-refractivity contribution in [3.05, 3.63) is 162 Å². The molecule has 54 heavy (non-hydrogen) atoms. The molecule has 0 bridgehead atoms. The SMILES string of the molecule is C[C@@H](/C=C/CC(=O)N(CCO)Cc1ccccc1)[C@]1(O)C(=O)N(Cc2ccc(N(C=O)c3ccccc3)cc2)c2ccc(N(C=O)c3ccccc3)cc21. The van der Waals surface area contributed by atoms with Gasteiger partial charge in [-0.3, -0.25) is 29.0 Å². The number of anilines is 5. The zero-order valence-corrected chi connectivity index (χ0v) is 29.9. The number of para-hydroxylation sites is 2. The number of benzene rings is 5. The number of carbonyl (C=O) groups excluding carboxylic acids is 4. The molecule has 10 heteroatoms. The standard InChI is InChI=1S/C44H42N4O6/c1-33(12-11-19-42(52)45(26-27-49)29-34-13-5-2-6-14-34)44(54)40-28-39(48(32-51)37-17-9-4-10-18-37)24-25-41(40)46(43(44)53)30-35-20-22-38(23-21-35)47(31-50)36-15-7-3-8-16-36/h2-18,20-25,28,31-33,49,54H,19,26-27,29-30H2,1H3/b12-11+/t33-,44+/m0/s1. The van der Waals surface area contributed by atoms with Crippen molar-refractivity contribution in [3.63, 3.8) is 0 Å². The third-order valence-corrected chi connectivity index (χ3v) is 9.68. The summed E-state index contributed by atoms with van der Waals surface area (Å²) in [7, 11) is 0. The van der Waals surface area contributed by atoms with Gasteiger partial charge in [-0.25, -0.2) is 0 Å². The molecule has 2 atom stereocenters. The van der Waals surface area contributed by atoms with Gasteiger partial charge in [0.2, 0.25) is 18.7 Å². The Morgan fingerprint density at radius 1 is 0.741 bits per heavy atom. The second kappa shape index (κ2) is 17.0. The molecule has 4 amide bonds. The highest BCUT2D eigenvalue weighted by Crippen LogP contribution is 2.47. The molecule has 1 heterocycles. The molecule has 1 aliphatic heterocycles. The average Bonchev–Trinajstić information content (AvgIpc) is 3.42. The maximum atomic E-state index is 14.5. The molecular weight excluding hydrogens is 681 g/mol. The molecule has 0 saturated carbocycles. The largest absolute Gasteiger partial charge is 0.395 e. The lowest BCUT2D eigenvalue weighted by molar-refractivity contribution is -0.139. The minimum absolute atomic E-state index is 0.00187. The molecular formula is C44H42N4O6. The van der Waals surface area contributed by atoms with Crippen molar-refractivity contribution < 1.29 is 29.4 Å².